The Kier molecular flexibility index (Phi) is 7.79. The molecular formula is C19H29ClN2. The molecule has 22 heavy (non-hydrogen) atoms. The van der Waals surface area contributed by atoms with E-state index in [1.54, 1.807) is 0 Å². The van der Waals surface area contributed by atoms with E-state index >= 15 is 0 Å². The number of imidazole rings is 1. The Morgan fingerprint density at radius 3 is 2.23 bits per heavy atom. The maximum atomic E-state index is 5.99. The number of benzene rings is 1. The van der Waals surface area contributed by atoms with Gasteiger partial charge in [-0.15, -0.1) is 0 Å². The van der Waals surface area contributed by atoms with Gasteiger partial charge in [-0.3, -0.25) is 0 Å². The second kappa shape index (κ2) is 9.89. The van der Waals surface area contributed by atoms with Gasteiger partial charge < -0.3 is 4.57 Å². The molecule has 0 N–H and O–H groups in total. The van der Waals surface area contributed by atoms with Gasteiger partial charge in [-0.05, 0) is 24.6 Å². The Labute approximate surface area is 139 Å². The van der Waals surface area contributed by atoms with Crippen LogP contribution in [0.2, 0.25) is 5.02 Å². The first-order chi connectivity index (χ1) is 10.8. The fraction of sp³-hybridized carbons (Fsp3) is 0.632. The molecular weight excluding hydrogens is 292 g/mol. The lowest BCUT2D eigenvalue weighted by Crippen LogP contribution is -1.96. The lowest BCUT2D eigenvalue weighted by Gasteiger charge is -2.05. The van der Waals surface area contributed by atoms with Crippen molar-refractivity contribution in [1.82, 2.24) is 9.55 Å². The Bertz CT molecular complexity index is 547. The van der Waals surface area contributed by atoms with Crippen molar-refractivity contribution in [1.29, 1.82) is 0 Å². The number of hydrogen-bond acceptors (Lipinski definition) is 1. The normalized spacial score (nSPS) is 11.4. The third-order valence-corrected chi connectivity index (χ3v) is 4.57. The molecule has 3 heteroatoms. The Morgan fingerprint density at radius 2 is 1.55 bits per heavy atom. The highest BCUT2D eigenvalue weighted by molar-refractivity contribution is 6.31. The molecule has 0 aliphatic carbocycles. The number of hydrogen-bond donors (Lipinski definition) is 0. The third-order valence-electron chi connectivity index (χ3n) is 4.34. The molecule has 0 aliphatic heterocycles. The second-order valence-corrected chi connectivity index (χ2v) is 6.69. The standard InChI is InChI=1S/C19H29ClN2/c1-2-3-4-5-6-7-8-9-10-11-14-22-16-21-18-15-17(20)12-13-19(18)22/h12-13,15-16H,2-11,14H2,1H3. The highest BCUT2D eigenvalue weighted by Crippen LogP contribution is 2.19. The highest BCUT2D eigenvalue weighted by atomic mass is 35.5. The minimum Gasteiger partial charge on any atom is -0.331 e. The van der Waals surface area contributed by atoms with E-state index in [2.05, 4.69) is 22.5 Å². The number of halogens is 1. The Hall–Kier alpha value is -1.02. The van der Waals surface area contributed by atoms with Crippen molar-refractivity contribution < 1.29 is 0 Å². The van der Waals surface area contributed by atoms with Crippen molar-refractivity contribution in [3.05, 3.63) is 29.5 Å². The van der Waals surface area contributed by atoms with Crippen molar-refractivity contribution in [2.75, 3.05) is 0 Å². The number of rotatable bonds is 11. The zero-order chi connectivity index (χ0) is 15.6. The van der Waals surface area contributed by atoms with Crippen LogP contribution in [0.25, 0.3) is 11.0 Å². The minimum atomic E-state index is 0.761. The molecule has 122 valence electrons. The monoisotopic (exact) mass is 320 g/mol. The van der Waals surface area contributed by atoms with Gasteiger partial charge in [-0.1, -0.05) is 76.3 Å². The van der Waals surface area contributed by atoms with Crippen LogP contribution in [0.5, 0.6) is 0 Å². The van der Waals surface area contributed by atoms with Crippen LogP contribution in [0.3, 0.4) is 0 Å². The van der Waals surface area contributed by atoms with Gasteiger partial charge in [-0.2, -0.15) is 0 Å². The lowest BCUT2D eigenvalue weighted by molar-refractivity contribution is 0.538. The Morgan fingerprint density at radius 1 is 0.909 bits per heavy atom. The van der Waals surface area contributed by atoms with Gasteiger partial charge in [0.15, 0.2) is 0 Å². The van der Waals surface area contributed by atoms with Gasteiger partial charge in [0.25, 0.3) is 0 Å². The molecule has 1 aromatic heterocycles. The van der Waals surface area contributed by atoms with E-state index in [0.29, 0.717) is 0 Å². The molecule has 0 saturated heterocycles. The predicted octanol–water partition coefficient (Wildman–Crippen LogP) is 6.61. The summed E-state index contributed by atoms with van der Waals surface area (Å²) in [6.45, 7) is 3.34. The summed E-state index contributed by atoms with van der Waals surface area (Å²) in [6.07, 6.45) is 15.7. The summed E-state index contributed by atoms with van der Waals surface area (Å²) < 4.78 is 2.25. The zero-order valence-corrected chi connectivity index (χ0v) is 14.6. The van der Waals surface area contributed by atoms with Crippen molar-refractivity contribution in [3.63, 3.8) is 0 Å². The molecule has 2 rings (SSSR count). The molecule has 0 amide bonds. The SMILES string of the molecule is CCCCCCCCCCCCn1cnc2cc(Cl)ccc21. The summed E-state index contributed by atoms with van der Waals surface area (Å²) >= 11 is 5.99. The van der Waals surface area contributed by atoms with Crippen LogP contribution in [0.1, 0.15) is 71.1 Å². The predicted molar refractivity (Wildman–Crippen MR) is 96.6 cm³/mol. The summed E-state index contributed by atoms with van der Waals surface area (Å²) in [6, 6.07) is 5.95. The fourth-order valence-electron chi connectivity index (χ4n) is 2.98. The van der Waals surface area contributed by atoms with E-state index in [0.717, 1.165) is 17.1 Å². The minimum absolute atomic E-state index is 0.761. The van der Waals surface area contributed by atoms with E-state index in [1.165, 1.54) is 69.7 Å². The van der Waals surface area contributed by atoms with E-state index in [-0.39, 0.29) is 0 Å². The number of unbranched alkanes of at least 4 members (excludes halogenated alkanes) is 9. The van der Waals surface area contributed by atoms with Gasteiger partial charge >= 0.3 is 0 Å². The molecule has 0 bridgehead atoms. The Balaban J connectivity index is 1.57. The smallest absolute Gasteiger partial charge is 0.0958 e. The van der Waals surface area contributed by atoms with Crippen LogP contribution in [0.15, 0.2) is 24.5 Å². The van der Waals surface area contributed by atoms with Crippen molar-refractivity contribution in [2.24, 2.45) is 0 Å². The first-order valence-corrected chi connectivity index (χ1v) is 9.29. The van der Waals surface area contributed by atoms with Gasteiger partial charge in [0.1, 0.15) is 0 Å². The summed E-state index contributed by atoms with van der Waals surface area (Å²) in [7, 11) is 0. The first-order valence-electron chi connectivity index (χ1n) is 8.91. The van der Waals surface area contributed by atoms with Gasteiger partial charge in [0, 0.05) is 11.6 Å². The molecule has 0 saturated carbocycles. The van der Waals surface area contributed by atoms with E-state index < -0.39 is 0 Å². The van der Waals surface area contributed by atoms with Crippen molar-refractivity contribution in [2.45, 2.75) is 77.7 Å². The van der Waals surface area contributed by atoms with E-state index in [4.69, 9.17) is 11.6 Å². The second-order valence-electron chi connectivity index (χ2n) is 6.25. The van der Waals surface area contributed by atoms with E-state index in [1.807, 2.05) is 18.5 Å². The van der Waals surface area contributed by atoms with Crippen LogP contribution >= 0.6 is 11.6 Å². The molecule has 0 aliphatic rings. The average molecular weight is 321 g/mol. The van der Waals surface area contributed by atoms with Crippen LogP contribution < -0.4 is 0 Å². The van der Waals surface area contributed by atoms with Gasteiger partial charge in [-0.25, -0.2) is 4.98 Å². The van der Waals surface area contributed by atoms with Crippen molar-refractivity contribution in [3.8, 4) is 0 Å². The highest BCUT2D eigenvalue weighted by Gasteiger charge is 2.02. The first kappa shape index (κ1) is 17.3. The average Bonchev–Trinajstić information content (AvgIpc) is 2.91. The largest absolute Gasteiger partial charge is 0.331 e. The topological polar surface area (TPSA) is 17.8 Å². The molecule has 2 aromatic rings. The van der Waals surface area contributed by atoms with Crippen LogP contribution in [0.4, 0.5) is 0 Å². The van der Waals surface area contributed by atoms with Crippen molar-refractivity contribution >= 4 is 22.6 Å². The summed E-state index contributed by atoms with van der Waals surface area (Å²) in [4.78, 5) is 4.42. The summed E-state index contributed by atoms with van der Waals surface area (Å²) in [5, 5.41) is 0.761. The zero-order valence-electron chi connectivity index (χ0n) is 13.9. The number of nitrogens with zero attached hydrogens (tertiary/aromatic N) is 2. The molecule has 0 atom stereocenters. The molecule has 0 radical (unpaired) electrons. The maximum Gasteiger partial charge on any atom is 0.0958 e. The van der Waals surface area contributed by atoms with Gasteiger partial charge in [0.2, 0.25) is 0 Å². The maximum absolute atomic E-state index is 5.99. The molecule has 1 aromatic carbocycles. The molecule has 0 fully saturated rings. The number of aromatic nitrogens is 2. The summed E-state index contributed by atoms with van der Waals surface area (Å²) in [5.41, 5.74) is 2.19. The van der Waals surface area contributed by atoms with Crippen LogP contribution in [-0.2, 0) is 6.54 Å². The number of aryl methyl sites for hydroxylation is 1. The fourth-order valence-corrected chi connectivity index (χ4v) is 3.15. The molecule has 2 nitrogen and oxygen atoms in total. The quantitative estimate of drug-likeness (QED) is 0.426. The van der Waals surface area contributed by atoms with Crippen LogP contribution in [-0.4, -0.2) is 9.55 Å². The lowest BCUT2D eigenvalue weighted by atomic mass is 10.1. The summed E-state index contributed by atoms with van der Waals surface area (Å²) in [5.74, 6) is 0. The number of fused-ring (bicyclic) bond motifs is 1. The van der Waals surface area contributed by atoms with Gasteiger partial charge in [0.05, 0.1) is 17.4 Å². The molecule has 0 unspecified atom stereocenters. The molecule has 0 spiro atoms. The van der Waals surface area contributed by atoms with E-state index in [9.17, 15) is 0 Å². The van der Waals surface area contributed by atoms with Crippen LogP contribution in [0, 0.1) is 0 Å². The third kappa shape index (κ3) is 5.64. The molecule has 1 heterocycles.